The summed E-state index contributed by atoms with van der Waals surface area (Å²) in [6.07, 6.45) is 6.02. The van der Waals surface area contributed by atoms with Crippen LogP contribution in [-0.4, -0.2) is 35.2 Å². The molecule has 3 rings (SSSR count). The molecule has 0 fully saturated rings. The number of fused-ring (bicyclic) bond motifs is 1. The molecule has 0 saturated carbocycles. The topological polar surface area (TPSA) is 91.0 Å². The second-order valence-electron chi connectivity index (χ2n) is 7.26. The van der Waals surface area contributed by atoms with Crippen molar-refractivity contribution < 1.29 is 18.7 Å². The highest BCUT2D eigenvalue weighted by Gasteiger charge is 2.20. The molecule has 0 aliphatic rings. The zero-order valence-corrected chi connectivity index (χ0v) is 18.1. The molecule has 32 heavy (non-hydrogen) atoms. The number of aromatic nitrogens is 2. The molecule has 0 saturated heterocycles. The number of halogens is 1. The fraction of sp³-hybridized carbons (Fsp3) is 0.348. The molecular weight excluding hydrogens is 417 g/mol. The first-order valence-electron chi connectivity index (χ1n) is 10.4. The van der Waals surface area contributed by atoms with Gasteiger partial charge in [0, 0.05) is 38.8 Å². The summed E-state index contributed by atoms with van der Waals surface area (Å²) in [6.45, 7) is 2.98. The third-order valence-electron chi connectivity index (χ3n) is 4.95. The van der Waals surface area contributed by atoms with E-state index in [0.717, 1.165) is 6.42 Å². The van der Waals surface area contributed by atoms with Crippen LogP contribution in [0.4, 0.5) is 4.39 Å². The van der Waals surface area contributed by atoms with Gasteiger partial charge in [-0.15, -0.1) is 0 Å². The Kier molecular flexibility index (Phi) is 7.77. The van der Waals surface area contributed by atoms with E-state index in [1.54, 1.807) is 24.5 Å². The Balaban J connectivity index is 1.99. The van der Waals surface area contributed by atoms with Crippen LogP contribution in [-0.2, 0) is 17.8 Å². The van der Waals surface area contributed by atoms with E-state index in [1.165, 1.54) is 34.4 Å². The zero-order valence-electron chi connectivity index (χ0n) is 18.1. The Hall–Kier alpha value is -3.46. The fourth-order valence-electron chi connectivity index (χ4n) is 3.15. The molecule has 2 heterocycles. The fourth-order valence-corrected chi connectivity index (χ4v) is 3.15. The highest BCUT2D eigenvalue weighted by atomic mass is 19.1. The van der Waals surface area contributed by atoms with Gasteiger partial charge in [0.1, 0.15) is 11.4 Å². The molecule has 9 heteroatoms. The SMILES string of the molecule is CCCCOc1c(=O)c(C(=O)NCc2ccc(F)cc2)cn2ccn(CCOC)c(=O)c12. The molecule has 0 aliphatic heterocycles. The zero-order chi connectivity index (χ0) is 23.1. The lowest BCUT2D eigenvalue weighted by atomic mass is 10.2. The summed E-state index contributed by atoms with van der Waals surface area (Å²) in [5.41, 5.74) is -0.461. The summed E-state index contributed by atoms with van der Waals surface area (Å²) >= 11 is 0. The third kappa shape index (κ3) is 5.23. The van der Waals surface area contributed by atoms with E-state index < -0.39 is 16.9 Å². The van der Waals surface area contributed by atoms with E-state index in [1.807, 2.05) is 6.92 Å². The van der Waals surface area contributed by atoms with Crippen LogP contribution in [0.25, 0.3) is 5.52 Å². The minimum Gasteiger partial charge on any atom is -0.487 e. The molecule has 0 unspecified atom stereocenters. The van der Waals surface area contributed by atoms with Crippen molar-refractivity contribution in [3.05, 3.63) is 80.4 Å². The highest BCUT2D eigenvalue weighted by Crippen LogP contribution is 2.14. The number of amides is 1. The van der Waals surface area contributed by atoms with E-state index in [4.69, 9.17) is 9.47 Å². The highest BCUT2D eigenvalue weighted by molar-refractivity contribution is 5.94. The van der Waals surface area contributed by atoms with Gasteiger partial charge in [0.2, 0.25) is 5.43 Å². The van der Waals surface area contributed by atoms with Gasteiger partial charge in [-0.2, -0.15) is 0 Å². The molecule has 0 atom stereocenters. The standard InChI is InChI=1S/C23H26FN3O5/c1-3-4-12-32-21-19-23(30)26(11-13-31-2)9-10-27(19)15-18(20(21)28)22(29)25-14-16-5-7-17(24)8-6-16/h5-10,15H,3-4,11-14H2,1-2H3,(H,25,29). The minimum absolute atomic E-state index is 0.0693. The van der Waals surface area contributed by atoms with Gasteiger partial charge < -0.3 is 23.8 Å². The number of nitrogens with zero attached hydrogens (tertiary/aromatic N) is 2. The van der Waals surface area contributed by atoms with E-state index in [2.05, 4.69) is 5.32 Å². The quantitative estimate of drug-likeness (QED) is 0.486. The third-order valence-corrected chi connectivity index (χ3v) is 4.95. The van der Waals surface area contributed by atoms with Crippen LogP contribution in [0.3, 0.4) is 0 Å². The number of methoxy groups -OCH3 is 1. The maximum absolute atomic E-state index is 13.1. The average Bonchev–Trinajstić information content (AvgIpc) is 2.79. The number of hydrogen-bond donors (Lipinski definition) is 1. The van der Waals surface area contributed by atoms with Crippen molar-refractivity contribution in [2.24, 2.45) is 0 Å². The lowest BCUT2D eigenvalue weighted by Crippen LogP contribution is -2.32. The summed E-state index contributed by atoms with van der Waals surface area (Å²) in [7, 11) is 1.53. The van der Waals surface area contributed by atoms with Crippen molar-refractivity contribution in [1.82, 2.24) is 14.3 Å². The molecule has 0 spiro atoms. The second-order valence-corrected chi connectivity index (χ2v) is 7.26. The Morgan fingerprint density at radius 2 is 1.88 bits per heavy atom. The maximum atomic E-state index is 13.1. The molecular formula is C23H26FN3O5. The predicted octanol–water partition coefficient (Wildman–Crippen LogP) is 2.36. The van der Waals surface area contributed by atoms with E-state index >= 15 is 0 Å². The molecule has 1 amide bonds. The molecule has 0 bridgehead atoms. The Morgan fingerprint density at radius 3 is 2.56 bits per heavy atom. The van der Waals surface area contributed by atoms with Crippen LogP contribution in [0, 0.1) is 5.82 Å². The summed E-state index contributed by atoms with van der Waals surface area (Å²) in [5, 5.41) is 2.66. The van der Waals surface area contributed by atoms with Crippen molar-refractivity contribution in [3.63, 3.8) is 0 Å². The molecule has 3 aromatic rings. The lowest BCUT2D eigenvalue weighted by molar-refractivity contribution is 0.0948. The van der Waals surface area contributed by atoms with E-state index in [0.29, 0.717) is 25.1 Å². The van der Waals surface area contributed by atoms with E-state index in [-0.39, 0.29) is 35.8 Å². The molecule has 170 valence electrons. The summed E-state index contributed by atoms with van der Waals surface area (Å²) in [5.74, 6) is -1.14. The Labute approximate surface area is 184 Å². The van der Waals surface area contributed by atoms with Gasteiger partial charge >= 0.3 is 0 Å². The lowest BCUT2D eigenvalue weighted by Gasteiger charge is -2.14. The van der Waals surface area contributed by atoms with E-state index in [9.17, 15) is 18.8 Å². The Morgan fingerprint density at radius 1 is 1.12 bits per heavy atom. The van der Waals surface area contributed by atoms with Gasteiger partial charge in [-0.25, -0.2) is 4.39 Å². The smallest absolute Gasteiger partial charge is 0.278 e. The largest absolute Gasteiger partial charge is 0.487 e. The van der Waals surface area contributed by atoms with Crippen molar-refractivity contribution >= 4 is 11.4 Å². The summed E-state index contributed by atoms with van der Waals surface area (Å²) < 4.78 is 26.7. The van der Waals surface area contributed by atoms with Crippen molar-refractivity contribution in [3.8, 4) is 5.75 Å². The van der Waals surface area contributed by atoms with Crippen molar-refractivity contribution in [2.75, 3.05) is 20.3 Å². The first-order valence-corrected chi connectivity index (χ1v) is 10.4. The molecule has 2 aromatic heterocycles. The number of ether oxygens (including phenoxy) is 2. The second kappa shape index (κ2) is 10.7. The van der Waals surface area contributed by atoms with Crippen LogP contribution in [0.2, 0.25) is 0 Å². The van der Waals surface area contributed by atoms with Crippen LogP contribution in [0.15, 0.2) is 52.4 Å². The number of pyridine rings is 1. The monoisotopic (exact) mass is 443 g/mol. The van der Waals surface area contributed by atoms with Crippen LogP contribution in [0.5, 0.6) is 5.75 Å². The predicted molar refractivity (Wildman–Crippen MR) is 118 cm³/mol. The first-order chi connectivity index (χ1) is 15.5. The minimum atomic E-state index is -0.653. The summed E-state index contributed by atoms with van der Waals surface area (Å²) in [4.78, 5) is 38.9. The molecule has 1 N–H and O–H groups in total. The number of unbranched alkanes of at least 4 members (excludes halogenated alkanes) is 1. The number of benzene rings is 1. The summed E-state index contributed by atoms with van der Waals surface area (Å²) in [6, 6.07) is 5.68. The van der Waals surface area contributed by atoms with Crippen LogP contribution >= 0.6 is 0 Å². The molecule has 8 nitrogen and oxygen atoms in total. The van der Waals surface area contributed by atoms with Crippen molar-refractivity contribution in [1.29, 1.82) is 0 Å². The Bertz CT molecular complexity index is 1200. The van der Waals surface area contributed by atoms with Gasteiger partial charge in [-0.05, 0) is 24.1 Å². The molecule has 1 aromatic carbocycles. The van der Waals surface area contributed by atoms with Gasteiger partial charge in [0.15, 0.2) is 11.3 Å². The first kappa shape index (κ1) is 23.2. The molecule has 0 aliphatic carbocycles. The van der Waals surface area contributed by atoms with Crippen molar-refractivity contribution in [2.45, 2.75) is 32.9 Å². The van der Waals surface area contributed by atoms with Gasteiger partial charge in [-0.3, -0.25) is 14.4 Å². The van der Waals surface area contributed by atoms with Crippen LogP contribution < -0.4 is 21.0 Å². The number of hydrogen-bond acceptors (Lipinski definition) is 5. The van der Waals surface area contributed by atoms with Gasteiger partial charge in [0.25, 0.3) is 11.5 Å². The number of rotatable bonds is 10. The average molecular weight is 443 g/mol. The molecule has 0 radical (unpaired) electrons. The maximum Gasteiger partial charge on any atom is 0.278 e. The van der Waals surface area contributed by atoms with Crippen LogP contribution in [0.1, 0.15) is 35.7 Å². The van der Waals surface area contributed by atoms with Gasteiger partial charge in [0.05, 0.1) is 13.2 Å². The number of carbonyl (C=O) groups is 1. The number of carbonyl (C=O) groups excluding carboxylic acids is 1. The normalized spacial score (nSPS) is 11.0. The van der Waals surface area contributed by atoms with Gasteiger partial charge in [-0.1, -0.05) is 25.5 Å². The number of nitrogens with one attached hydrogen (secondary N) is 1.